The van der Waals surface area contributed by atoms with Gasteiger partial charge in [-0.05, 0) is 128 Å². The molecule has 0 aromatic heterocycles. The van der Waals surface area contributed by atoms with E-state index in [2.05, 4.69) is 231 Å². The fourth-order valence-electron chi connectivity index (χ4n) is 9.07. The van der Waals surface area contributed by atoms with Gasteiger partial charge in [0.1, 0.15) is 0 Å². The predicted molar refractivity (Wildman–Crippen MR) is 249 cm³/mol. The van der Waals surface area contributed by atoms with E-state index in [0.717, 1.165) is 0 Å². The second kappa shape index (κ2) is 14.2. The molecule has 0 saturated carbocycles. The molecule has 0 spiro atoms. The minimum absolute atomic E-state index is 1.19. The second-order valence-corrected chi connectivity index (χ2v) is 15.2. The van der Waals surface area contributed by atoms with Crippen LogP contribution in [0.3, 0.4) is 0 Å². The summed E-state index contributed by atoms with van der Waals surface area (Å²) in [6.07, 6.45) is 0. The normalized spacial score (nSPS) is 11.4. The van der Waals surface area contributed by atoms with Gasteiger partial charge in [0.05, 0.1) is 0 Å². The molecule has 0 aliphatic heterocycles. The minimum Gasteiger partial charge on any atom is -0.0622 e. The Kier molecular flexibility index (Phi) is 8.26. The second-order valence-electron chi connectivity index (χ2n) is 15.2. The van der Waals surface area contributed by atoms with Crippen molar-refractivity contribution < 1.29 is 0 Å². The van der Waals surface area contributed by atoms with Crippen LogP contribution in [-0.4, -0.2) is 0 Å². The van der Waals surface area contributed by atoms with Crippen molar-refractivity contribution in [2.24, 2.45) is 0 Å². The Labute approximate surface area is 339 Å². The van der Waals surface area contributed by atoms with E-state index in [-0.39, 0.29) is 0 Å². The van der Waals surface area contributed by atoms with Gasteiger partial charge in [-0.15, -0.1) is 0 Å². The number of rotatable bonds is 6. The molecule has 0 heterocycles. The monoisotopic (exact) mass is 734 g/mol. The molecule has 0 N–H and O–H groups in total. The Balaban J connectivity index is 1.08. The topological polar surface area (TPSA) is 0 Å². The van der Waals surface area contributed by atoms with Gasteiger partial charge < -0.3 is 0 Å². The lowest BCUT2D eigenvalue weighted by Gasteiger charge is -2.21. The summed E-state index contributed by atoms with van der Waals surface area (Å²) in [7, 11) is 0. The van der Waals surface area contributed by atoms with E-state index < -0.39 is 0 Å². The maximum absolute atomic E-state index is 2.43. The van der Waals surface area contributed by atoms with Gasteiger partial charge in [0, 0.05) is 0 Å². The molecule has 0 aliphatic rings. The van der Waals surface area contributed by atoms with Crippen LogP contribution in [0.2, 0.25) is 0 Å². The van der Waals surface area contributed by atoms with Crippen LogP contribution in [0.1, 0.15) is 0 Å². The maximum atomic E-state index is 2.43. The third-order valence-corrected chi connectivity index (χ3v) is 11.9. The Morgan fingerprint density at radius 1 is 0.172 bits per heavy atom. The number of hydrogen-bond donors (Lipinski definition) is 0. The van der Waals surface area contributed by atoms with Crippen molar-refractivity contribution in [1.29, 1.82) is 0 Å². The van der Waals surface area contributed by atoms with Gasteiger partial charge in [0.25, 0.3) is 0 Å². The average molecular weight is 735 g/mol. The molecule has 0 radical (unpaired) electrons. The van der Waals surface area contributed by atoms with Crippen molar-refractivity contribution in [3.05, 3.63) is 231 Å². The van der Waals surface area contributed by atoms with Crippen molar-refractivity contribution in [1.82, 2.24) is 0 Å². The highest BCUT2D eigenvalue weighted by atomic mass is 14.2. The fourth-order valence-corrected chi connectivity index (χ4v) is 9.07. The smallest absolute Gasteiger partial charge is 0.00199 e. The molecule has 58 heavy (non-hydrogen) atoms. The number of fused-ring (bicyclic) bond motifs is 4. The molecule has 0 aliphatic carbocycles. The first-order valence-electron chi connectivity index (χ1n) is 20.1. The van der Waals surface area contributed by atoms with E-state index >= 15 is 0 Å². The molecule has 0 bridgehead atoms. The van der Waals surface area contributed by atoms with E-state index in [9.17, 15) is 0 Å². The molecule has 0 fully saturated rings. The van der Waals surface area contributed by atoms with Gasteiger partial charge in [0.15, 0.2) is 0 Å². The summed E-state index contributed by atoms with van der Waals surface area (Å²) in [4.78, 5) is 0. The first kappa shape index (κ1) is 33.8. The molecular weight excluding hydrogens is 697 g/mol. The van der Waals surface area contributed by atoms with Gasteiger partial charge in [-0.2, -0.15) is 0 Å². The SMILES string of the molecule is c1ccc(-c2c3ccccc3c(-c3cc(-c4ccc(-c5cccc(-c6cccc7ccccc67)c5)cc4)ccc3-c3ccc4ccccc4c3)c3ccccc23)cc1. The van der Waals surface area contributed by atoms with Gasteiger partial charge in [0.2, 0.25) is 0 Å². The zero-order chi connectivity index (χ0) is 38.4. The van der Waals surface area contributed by atoms with Gasteiger partial charge in [-0.25, -0.2) is 0 Å². The molecule has 0 atom stereocenters. The first-order chi connectivity index (χ1) is 28.8. The zero-order valence-electron chi connectivity index (χ0n) is 31.9. The van der Waals surface area contributed by atoms with E-state index in [1.165, 1.54) is 110 Å². The van der Waals surface area contributed by atoms with E-state index in [1.54, 1.807) is 0 Å². The van der Waals surface area contributed by atoms with Crippen LogP contribution >= 0.6 is 0 Å². The van der Waals surface area contributed by atoms with E-state index in [4.69, 9.17) is 0 Å². The molecule has 11 aromatic rings. The van der Waals surface area contributed by atoms with E-state index in [0.29, 0.717) is 0 Å². The van der Waals surface area contributed by atoms with Gasteiger partial charge >= 0.3 is 0 Å². The molecule has 11 rings (SSSR count). The number of hydrogen-bond acceptors (Lipinski definition) is 0. The number of benzene rings is 11. The maximum Gasteiger partial charge on any atom is -0.00199 e. The molecule has 0 nitrogen and oxygen atoms in total. The summed E-state index contributed by atoms with van der Waals surface area (Å²) < 4.78 is 0. The lowest BCUT2D eigenvalue weighted by atomic mass is 9.82. The minimum atomic E-state index is 1.19. The Morgan fingerprint density at radius 3 is 1.34 bits per heavy atom. The quantitative estimate of drug-likeness (QED) is 0.149. The summed E-state index contributed by atoms with van der Waals surface area (Å²) in [6.45, 7) is 0. The molecule has 0 saturated heterocycles. The highest BCUT2D eigenvalue weighted by Gasteiger charge is 2.20. The van der Waals surface area contributed by atoms with Crippen molar-refractivity contribution >= 4 is 43.1 Å². The Hall–Kier alpha value is -7.54. The largest absolute Gasteiger partial charge is 0.0622 e. The van der Waals surface area contributed by atoms with Crippen LogP contribution in [0.15, 0.2) is 231 Å². The van der Waals surface area contributed by atoms with Crippen LogP contribution < -0.4 is 0 Å². The van der Waals surface area contributed by atoms with Crippen LogP contribution in [0.25, 0.3) is 110 Å². The van der Waals surface area contributed by atoms with Crippen molar-refractivity contribution in [3.8, 4) is 66.8 Å². The molecule has 0 unspecified atom stereocenters. The summed E-state index contributed by atoms with van der Waals surface area (Å²) in [6, 6.07) is 84.6. The molecule has 11 aromatic carbocycles. The zero-order valence-corrected chi connectivity index (χ0v) is 31.9. The van der Waals surface area contributed by atoms with Gasteiger partial charge in [-0.3, -0.25) is 0 Å². The Bertz CT molecular complexity index is 3250. The highest BCUT2D eigenvalue weighted by molar-refractivity contribution is 6.22. The summed E-state index contributed by atoms with van der Waals surface area (Å²) in [5, 5.41) is 10.0. The Morgan fingerprint density at radius 2 is 0.638 bits per heavy atom. The van der Waals surface area contributed by atoms with E-state index in [1.807, 2.05) is 0 Å². The van der Waals surface area contributed by atoms with Crippen LogP contribution in [0.4, 0.5) is 0 Å². The first-order valence-corrected chi connectivity index (χ1v) is 20.1. The van der Waals surface area contributed by atoms with Crippen LogP contribution in [0, 0.1) is 0 Å². The molecule has 0 amide bonds. The summed E-state index contributed by atoms with van der Waals surface area (Å²) in [5.74, 6) is 0. The van der Waals surface area contributed by atoms with Crippen LogP contribution in [0.5, 0.6) is 0 Å². The summed E-state index contributed by atoms with van der Waals surface area (Å²) >= 11 is 0. The molecular formula is C58H38. The standard InChI is InChI=1S/C58H38/c1-2-16-43(17-3-1)57-52-23-8-10-25-54(52)58(55-26-11-9-24-53(55)57)56-38-46(34-35-51(56)48-33-32-39-14-4-5-18-44(39)37-48)41-30-28-40(29-31-41)45-20-12-21-47(36-45)50-27-13-19-42-15-6-7-22-49(42)50/h1-38H. The fraction of sp³-hybridized carbons (Fsp3) is 0. The van der Waals surface area contributed by atoms with Crippen LogP contribution in [-0.2, 0) is 0 Å². The van der Waals surface area contributed by atoms with Crippen molar-refractivity contribution in [2.75, 3.05) is 0 Å². The molecule has 0 heteroatoms. The highest BCUT2D eigenvalue weighted by Crippen LogP contribution is 2.47. The predicted octanol–water partition coefficient (Wildman–Crippen LogP) is 16.3. The average Bonchev–Trinajstić information content (AvgIpc) is 3.30. The summed E-state index contributed by atoms with van der Waals surface area (Å²) in [5.41, 5.74) is 14.7. The lowest BCUT2D eigenvalue weighted by molar-refractivity contribution is 1.57. The third kappa shape index (κ3) is 5.86. The lowest BCUT2D eigenvalue weighted by Crippen LogP contribution is -1.93. The van der Waals surface area contributed by atoms with Gasteiger partial charge in [-0.1, -0.05) is 212 Å². The van der Waals surface area contributed by atoms with Crippen molar-refractivity contribution in [3.63, 3.8) is 0 Å². The molecule has 270 valence electrons. The van der Waals surface area contributed by atoms with Crippen molar-refractivity contribution in [2.45, 2.75) is 0 Å². The third-order valence-electron chi connectivity index (χ3n) is 11.9.